The van der Waals surface area contributed by atoms with Crippen LogP contribution in [0, 0.1) is 12.4 Å². The Balaban J connectivity index is 0.00000357. The Hall–Kier alpha value is -5.25. The number of quaternary nitrogens is 1. The van der Waals surface area contributed by atoms with E-state index >= 15 is 0 Å². The third-order valence-electron chi connectivity index (χ3n) is 8.41. The van der Waals surface area contributed by atoms with E-state index in [1.54, 1.807) is 37.4 Å². The van der Waals surface area contributed by atoms with Gasteiger partial charge in [-0.05, 0) is 61.7 Å². The summed E-state index contributed by atoms with van der Waals surface area (Å²) in [4.78, 5) is 26.2. The van der Waals surface area contributed by atoms with Gasteiger partial charge in [-0.15, -0.1) is 0 Å². The minimum Gasteiger partial charge on any atom is -0.545 e. The van der Waals surface area contributed by atoms with Crippen molar-refractivity contribution in [3.63, 3.8) is 0 Å². The molecule has 3 aromatic carbocycles. The third-order valence-corrected chi connectivity index (χ3v) is 8.41. The number of rotatable bonds is 7. The second kappa shape index (κ2) is 11.7. The van der Waals surface area contributed by atoms with Gasteiger partial charge in [0, 0.05) is 12.5 Å². The van der Waals surface area contributed by atoms with Gasteiger partial charge in [0.05, 0.1) is 41.9 Å². The number of hydrogen-bond acceptors (Lipinski definition) is 8. The first kappa shape index (κ1) is 29.8. The van der Waals surface area contributed by atoms with Crippen LogP contribution in [-0.4, -0.2) is 38.5 Å². The molecule has 4 heterocycles. The van der Waals surface area contributed by atoms with E-state index in [9.17, 15) is 14.3 Å². The lowest BCUT2D eigenvalue weighted by Gasteiger charge is -2.32. The number of carboxylic acids is 1. The van der Waals surface area contributed by atoms with E-state index < -0.39 is 17.6 Å². The minimum absolute atomic E-state index is 0. The van der Waals surface area contributed by atoms with Crippen molar-refractivity contribution in [3.05, 3.63) is 113 Å². The lowest BCUT2D eigenvalue weighted by molar-refractivity contribution is -0.255. The van der Waals surface area contributed by atoms with E-state index in [-0.39, 0.29) is 28.9 Å². The molecule has 0 aliphatic carbocycles. The maximum atomic E-state index is 14.9. The fourth-order valence-corrected chi connectivity index (χ4v) is 6.19. The highest BCUT2D eigenvalue weighted by molar-refractivity contribution is 5.91. The summed E-state index contributed by atoms with van der Waals surface area (Å²) >= 11 is 0. The van der Waals surface area contributed by atoms with Crippen molar-refractivity contribution in [1.29, 1.82) is 0 Å². The molecule has 1 fully saturated rings. The third kappa shape index (κ3) is 5.48. The topological polar surface area (TPSA) is 147 Å². The quantitative estimate of drug-likeness (QED) is 0.237. The lowest BCUT2D eigenvalue weighted by atomic mass is 9.88. The van der Waals surface area contributed by atoms with E-state index in [4.69, 9.17) is 25.4 Å². The van der Waals surface area contributed by atoms with Crippen LogP contribution < -0.4 is 20.7 Å². The van der Waals surface area contributed by atoms with E-state index in [0.717, 1.165) is 37.3 Å². The normalized spacial score (nSPS) is 18.1. The molecule has 0 bridgehead atoms. The van der Waals surface area contributed by atoms with Crippen LogP contribution in [0.1, 0.15) is 58.9 Å². The van der Waals surface area contributed by atoms with Gasteiger partial charge in [0.25, 0.3) is 5.79 Å². The number of ether oxygens (including phenoxy) is 2. The molecule has 2 aliphatic rings. The first-order valence-electron chi connectivity index (χ1n) is 14.3. The smallest absolute Gasteiger partial charge is 0.278 e. The number of imidazole rings is 1. The van der Waals surface area contributed by atoms with Gasteiger partial charge < -0.3 is 34.5 Å². The molecular weight excluding hydrogens is 579 g/mol. The van der Waals surface area contributed by atoms with Crippen molar-refractivity contribution in [2.75, 3.05) is 13.1 Å². The number of aromatic nitrogens is 3. The Bertz CT molecular complexity index is 1930. The summed E-state index contributed by atoms with van der Waals surface area (Å²) in [5, 5.41) is 11.5. The summed E-state index contributed by atoms with van der Waals surface area (Å²) in [5.74, 6) is -0.460. The summed E-state index contributed by atoms with van der Waals surface area (Å²) in [6, 6.07) is 14.9. The number of carbonyl (C=O) groups excluding carboxylic acids is 1. The van der Waals surface area contributed by atoms with Crippen LogP contribution in [0.2, 0.25) is 0 Å². The molecule has 1 saturated heterocycles. The molecule has 12 heteroatoms. The maximum Gasteiger partial charge on any atom is 0.278 e. The number of fused-ring (bicyclic) bond motifs is 2. The summed E-state index contributed by atoms with van der Waals surface area (Å²) < 4.78 is 34.9. The van der Waals surface area contributed by atoms with E-state index in [0.29, 0.717) is 41.5 Å². The van der Waals surface area contributed by atoms with Crippen LogP contribution in [0.3, 0.4) is 0 Å². The molecule has 0 saturated carbocycles. The summed E-state index contributed by atoms with van der Waals surface area (Å²) in [5.41, 5.74) is 2.92. The molecule has 230 valence electrons. The minimum atomic E-state index is -1.34. The molecule has 7 rings (SSSR count). The van der Waals surface area contributed by atoms with Gasteiger partial charge in [-0.1, -0.05) is 30.3 Å². The van der Waals surface area contributed by atoms with Crippen molar-refractivity contribution in [3.8, 4) is 11.5 Å². The maximum absolute atomic E-state index is 14.9. The van der Waals surface area contributed by atoms with Gasteiger partial charge in [0.2, 0.25) is 5.89 Å². The van der Waals surface area contributed by atoms with Gasteiger partial charge in [-0.25, -0.2) is 19.2 Å². The summed E-state index contributed by atoms with van der Waals surface area (Å²) in [6.07, 6.45) is 4.80. The molecule has 1 atom stereocenters. The number of likely N-dealkylation sites (tertiary alicyclic amines) is 1. The summed E-state index contributed by atoms with van der Waals surface area (Å²) in [6.45, 7) is 11.3. The highest BCUT2D eigenvalue weighted by Gasteiger charge is 2.43. The van der Waals surface area contributed by atoms with Gasteiger partial charge in [0.1, 0.15) is 24.4 Å². The van der Waals surface area contributed by atoms with Crippen LogP contribution in [0.25, 0.3) is 15.9 Å². The standard InChI is InChI=1S/C33H28FN5O5.H3N/c1-33(24-8-7-22(35-2)17-25(24)34)43-28-5-3-4-23(31(28)44-33)20-10-13-38(14-11-20)18-29-37-26-9-6-21(32(40)41)16-27(26)39(29)19-30-36-12-15-42-30;/h3-9,12,15-17,20H,10-11,13-14,18-19H2,1H3,(H,40,41);1H3. The molecule has 11 nitrogen and oxygen atoms in total. The predicted octanol–water partition coefficient (Wildman–Crippen LogP) is 5.53. The zero-order valence-corrected chi connectivity index (χ0v) is 24.8. The number of carboxylic acid groups (broad SMARTS) is 1. The molecule has 4 N–H and O–H groups in total. The number of halogens is 1. The fourth-order valence-electron chi connectivity index (χ4n) is 6.19. The molecule has 2 aliphatic heterocycles. The lowest BCUT2D eigenvalue weighted by Crippen LogP contribution is -2.34. The van der Waals surface area contributed by atoms with E-state index in [2.05, 4.69) is 14.7 Å². The second-order valence-electron chi connectivity index (χ2n) is 11.2. The van der Waals surface area contributed by atoms with E-state index in [1.807, 2.05) is 22.8 Å². The van der Waals surface area contributed by atoms with Crippen molar-refractivity contribution in [2.45, 2.75) is 44.6 Å². The molecule has 2 aromatic heterocycles. The summed E-state index contributed by atoms with van der Waals surface area (Å²) in [7, 11) is 0. The average molecular weight is 611 g/mol. The zero-order valence-electron chi connectivity index (χ0n) is 24.8. The van der Waals surface area contributed by atoms with Gasteiger partial charge >= 0.3 is 0 Å². The molecule has 5 aromatic rings. The Labute approximate surface area is 258 Å². The van der Waals surface area contributed by atoms with Crippen molar-refractivity contribution in [1.82, 2.24) is 25.6 Å². The number of piperidine rings is 1. The van der Waals surface area contributed by atoms with Crippen LogP contribution in [-0.2, 0) is 18.9 Å². The predicted molar refractivity (Wildman–Crippen MR) is 161 cm³/mol. The Kier molecular flexibility index (Phi) is 7.74. The largest absolute Gasteiger partial charge is 0.545 e. The Morgan fingerprint density at radius 3 is 2.67 bits per heavy atom. The number of nitrogens with zero attached hydrogens (tertiary/aromatic N) is 5. The Morgan fingerprint density at radius 1 is 1.13 bits per heavy atom. The highest BCUT2D eigenvalue weighted by Crippen LogP contribution is 2.50. The van der Waals surface area contributed by atoms with Crippen molar-refractivity contribution < 1.29 is 28.2 Å². The van der Waals surface area contributed by atoms with Gasteiger partial charge in [-0.2, -0.15) is 0 Å². The van der Waals surface area contributed by atoms with Gasteiger partial charge in [-0.3, -0.25) is 4.90 Å². The SMILES string of the molecule is [C-]#[N+]c1ccc(C2(C)Oc3cccc(C4CCN(Cc5nc6ccc(C(=O)[O-])cc6n5Cc5ncco5)CC4)c3O2)c(F)c1.[NH4+]. The number of hydrogen-bond donors (Lipinski definition) is 1. The van der Waals surface area contributed by atoms with Crippen LogP contribution in [0.15, 0.2) is 71.5 Å². The number of carbonyl (C=O) groups is 1. The number of oxazole rings is 1. The van der Waals surface area contributed by atoms with Gasteiger partial charge in [0.15, 0.2) is 17.2 Å². The Morgan fingerprint density at radius 2 is 1.96 bits per heavy atom. The average Bonchev–Trinajstić information content (AvgIpc) is 3.75. The van der Waals surface area contributed by atoms with Crippen LogP contribution in [0.4, 0.5) is 10.1 Å². The van der Waals surface area contributed by atoms with Crippen molar-refractivity contribution >= 4 is 22.7 Å². The zero-order chi connectivity index (χ0) is 30.4. The number of para-hydroxylation sites is 1. The molecular formula is C33H31FN6O5. The first-order chi connectivity index (χ1) is 21.3. The highest BCUT2D eigenvalue weighted by atomic mass is 19.1. The van der Waals surface area contributed by atoms with Crippen LogP contribution in [0.5, 0.6) is 11.5 Å². The monoisotopic (exact) mass is 610 g/mol. The molecule has 0 amide bonds. The molecule has 1 unspecified atom stereocenters. The molecule has 0 spiro atoms. The van der Waals surface area contributed by atoms with Crippen molar-refractivity contribution in [2.24, 2.45) is 0 Å². The van der Waals surface area contributed by atoms with E-state index in [1.165, 1.54) is 18.4 Å². The first-order valence-corrected chi connectivity index (χ1v) is 14.3. The second-order valence-corrected chi connectivity index (χ2v) is 11.2. The number of benzene rings is 3. The number of aromatic carboxylic acids is 1. The molecule has 45 heavy (non-hydrogen) atoms. The van der Waals surface area contributed by atoms with Crippen LogP contribution >= 0.6 is 0 Å². The molecule has 0 radical (unpaired) electrons. The fraction of sp³-hybridized carbons (Fsp3) is 0.273.